The first-order valence-electron chi connectivity index (χ1n) is 8.44. The topological polar surface area (TPSA) is 59.2 Å². The quantitative estimate of drug-likeness (QED) is 0.854. The summed E-state index contributed by atoms with van der Waals surface area (Å²) < 4.78 is 5.45. The molecule has 1 aromatic heterocycles. The minimum absolute atomic E-state index is 0.0268. The van der Waals surface area contributed by atoms with Gasteiger partial charge in [-0.15, -0.1) is 0 Å². The minimum atomic E-state index is 0.0268. The van der Waals surface area contributed by atoms with Crippen molar-refractivity contribution in [3.8, 4) is 0 Å². The first-order chi connectivity index (χ1) is 10.3. The van der Waals surface area contributed by atoms with Gasteiger partial charge < -0.3 is 9.42 Å². The average molecular weight is 289 g/mol. The molecule has 0 N–H and O–H groups in total. The largest absolute Gasteiger partial charge is 0.337 e. The summed E-state index contributed by atoms with van der Waals surface area (Å²) in [6.45, 7) is 0.845. The van der Waals surface area contributed by atoms with Crippen LogP contribution < -0.4 is 0 Å². The molecule has 1 atom stereocenters. The average Bonchev–Trinajstić information content (AvgIpc) is 2.94. The van der Waals surface area contributed by atoms with Crippen molar-refractivity contribution in [2.45, 2.75) is 69.7 Å². The Morgan fingerprint density at radius 3 is 2.71 bits per heavy atom. The van der Waals surface area contributed by atoms with Crippen molar-refractivity contribution in [1.29, 1.82) is 0 Å². The molecule has 114 valence electrons. The second-order valence-electron chi connectivity index (χ2n) is 6.86. The molecule has 0 bridgehead atoms. The lowest BCUT2D eigenvalue weighted by atomic mass is 10.0. The second-order valence-corrected chi connectivity index (χ2v) is 6.86. The number of aromatic nitrogens is 2. The van der Waals surface area contributed by atoms with E-state index in [0.29, 0.717) is 24.1 Å². The van der Waals surface area contributed by atoms with Gasteiger partial charge in [0.2, 0.25) is 11.8 Å². The van der Waals surface area contributed by atoms with Gasteiger partial charge in [-0.05, 0) is 44.4 Å². The van der Waals surface area contributed by atoms with E-state index in [0.717, 1.165) is 25.2 Å². The fourth-order valence-electron chi connectivity index (χ4n) is 3.79. The monoisotopic (exact) mass is 289 g/mol. The molecule has 0 spiro atoms. The van der Waals surface area contributed by atoms with E-state index < -0.39 is 0 Å². The number of likely N-dealkylation sites (tertiary alicyclic amines) is 1. The molecule has 2 heterocycles. The molecular weight excluding hydrogens is 266 g/mol. The van der Waals surface area contributed by atoms with Crippen molar-refractivity contribution in [2.24, 2.45) is 5.92 Å². The highest BCUT2D eigenvalue weighted by molar-refractivity contribution is 5.77. The lowest BCUT2D eigenvalue weighted by molar-refractivity contribution is -0.133. The standard InChI is InChI=1S/C16H23N3O2/c20-14(10-11-4-1-2-5-11)19-9-3-6-13(19)16-17-15(18-21-16)12-7-8-12/h11-13H,1-10H2. The van der Waals surface area contributed by atoms with Gasteiger partial charge in [-0.25, -0.2) is 0 Å². The molecule has 2 aliphatic carbocycles. The molecule has 1 saturated heterocycles. The van der Waals surface area contributed by atoms with E-state index in [9.17, 15) is 4.79 Å². The molecule has 4 rings (SSSR count). The molecular formula is C16H23N3O2. The Labute approximate surface area is 125 Å². The van der Waals surface area contributed by atoms with Crippen LogP contribution in [0.15, 0.2) is 4.52 Å². The summed E-state index contributed by atoms with van der Waals surface area (Å²) in [5.74, 6) is 2.90. The Balaban J connectivity index is 1.44. The number of carbonyl (C=O) groups excluding carboxylic acids is 1. The Hall–Kier alpha value is -1.39. The Morgan fingerprint density at radius 1 is 1.14 bits per heavy atom. The van der Waals surface area contributed by atoms with Gasteiger partial charge in [0.1, 0.15) is 6.04 Å². The van der Waals surface area contributed by atoms with Crippen molar-refractivity contribution in [1.82, 2.24) is 15.0 Å². The highest BCUT2D eigenvalue weighted by atomic mass is 16.5. The van der Waals surface area contributed by atoms with Gasteiger partial charge in [0.05, 0.1) is 0 Å². The maximum absolute atomic E-state index is 12.6. The van der Waals surface area contributed by atoms with Gasteiger partial charge >= 0.3 is 0 Å². The smallest absolute Gasteiger partial charge is 0.249 e. The summed E-state index contributed by atoms with van der Waals surface area (Å²) in [7, 11) is 0. The molecule has 2 saturated carbocycles. The SMILES string of the molecule is O=C(CC1CCCC1)N1CCCC1c1nc(C2CC2)no1. The zero-order chi connectivity index (χ0) is 14.2. The predicted molar refractivity (Wildman–Crippen MR) is 76.5 cm³/mol. The Kier molecular flexibility index (Phi) is 3.43. The zero-order valence-electron chi connectivity index (χ0n) is 12.5. The molecule has 3 aliphatic rings. The van der Waals surface area contributed by atoms with Crippen LogP contribution in [0.4, 0.5) is 0 Å². The number of carbonyl (C=O) groups is 1. The van der Waals surface area contributed by atoms with Crippen molar-refractivity contribution in [2.75, 3.05) is 6.54 Å². The van der Waals surface area contributed by atoms with Crippen LogP contribution in [-0.4, -0.2) is 27.5 Å². The molecule has 5 nitrogen and oxygen atoms in total. The summed E-state index contributed by atoms with van der Waals surface area (Å²) >= 11 is 0. The lowest BCUT2D eigenvalue weighted by Gasteiger charge is -2.23. The van der Waals surface area contributed by atoms with Crippen LogP contribution in [0.25, 0.3) is 0 Å². The third kappa shape index (κ3) is 2.70. The van der Waals surface area contributed by atoms with Gasteiger partial charge in [0.25, 0.3) is 0 Å². The number of amides is 1. The fourth-order valence-corrected chi connectivity index (χ4v) is 3.79. The summed E-state index contributed by atoms with van der Waals surface area (Å²) in [4.78, 5) is 19.1. The first kappa shape index (κ1) is 13.3. The van der Waals surface area contributed by atoms with Crippen molar-refractivity contribution >= 4 is 5.91 Å². The highest BCUT2D eigenvalue weighted by Gasteiger charge is 2.36. The van der Waals surface area contributed by atoms with E-state index in [4.69, 9.17) is 4.52 Å². The Morgan fingerprint density at radius 2 is 1.95 bits per heavy atom. The van der Waals surface area contributed by atoms with Gasteiger partial charge in [0, 0.05) is 18.9 Å². The summed E-state index contributed by atoms with van der Waals surface area (Å²) in [6.07, 6.45) is 10.1. The van der Waals surface area contributed by atoms with Crippen molar-refractivity contribution in [3.05, 3.63) is 11.7 Å². The van der Waals surface area contributed by atoms with Gasteiger partial charge in [-0.3, -0.25) is 4.79 Å². The summed E-state index contributed by atoms with van der Waals surface area (Å²) in [6, 6.07) is 0.0268. The molecule has 1 aromatic rings. The Bertz CT molecular complexity index is 517. The van der Waals surface area contributed by atoms with Crippen molar-refractivity contribution < 1.29 is 9.32 Å². The van der Waals surface area contributed by atoms with Gasteiger partial charge in [-0.1, -0.05) is 18.0 Å². The molecule has 0 radical (unpaired) electrons. The van der Waals surface area contributed by atoms with E-state index in [2.05, 4.69) is 10.1 Å². The van der Waals surface area contributed by atoms with Crippen LogP contribution in [0.3, 0.4) is 0 Å². The third-order valence-electron chi connectivity index (χ3n) is 5.20. The van der Waals surface area contributed by atoms with Crippen LogP contribution in [-0.2, 0) is 4.79 Å². The van der Waals surface area contributed by atoms with Crippen LogP contribution >= 0.6 is 0 Å². The van der Waals surface area contributed by atoms with Crippen LogP contribution in [0.1, 0.15) is 81.5 Å². The summed E-state index contributed by atoms with van der Waals surface area (Å²) in [5, 5.41) is 4.10. The normalized spacial score (nSPS) is 26.7. The van der Waals surface area contributed by atoms with Crippen LogP contribution in [0, 0.1) is 5.92 Å². The van der Waals surface area contributed by atoms with E-state index in [-0.39, 0.29) is 11.9 Å². The number of hydrogen-bond donors (Lipinski definition) is 0. The molecule has 1 unspecified atom stereocenters. The highest BCUT2D eigenvalue weighted by Crippen LogP contribution is 2.40. The lowest BCUT2D eigenvalue weighted by Crippen LogP contribution is -2.31. The van der Waals surface area contributed by atoms with E-state index in [1.807, 2.05) is 4.90 Å². The van der Waals surface area contributed by atoms with Gasteiger partial charge in [0.15, 0.2) is 5.82 Å². The van der Waals surface area contributed by atoms with E-state index >= 15 is 0 Å². The number of hydrogen-bond acceptors (Lipinski definition) is 4. The number of rotatable bonds is 4. The molecule has 3 fully saturated rings. The van der Waals surface area contributed by atoms with E-state index in [1.54, 1.807) is 0 Å². The fraction of sp³-hybridized carbons (Fsp3) is 0.812. The van der Waals surface area contributed by atoms with Gasteiger partial charge in [-0.2, -0.15) is 4.98 Å². The zero-order valence-corrected chi connectivity index (χ0v) is 12.5. The maximum Gasteiger partial charge on any atom is 0.249 e. The maximum atomic E-state index is 12.6. The van der Waals surface area contributed by atoms with Crippen LogP contribution in [0.2, 0.25) is 0 Å². The molecule has 1 amide bonds. The third-order valence-corrected chi connectivity index (χ3v) is 5.20. The molecule has 5 heteroatoms. The molecule has 0 aromatic carbocycles. The number of nitrogens with zero attached hydrogens (tertiary/aromatic N) is 3. The van der Waals surface area contributed by atoms with E-state index in [1.165, 1.54) is 38.5 Å². The second kappa shape index (κ2) is 5.43. The van der Waals surface area contributed by atoms with Crippen molar-refractivity contribution in [3.63, 3.8) is 0 Å². The molecule has 21 heavy (non-hydrogen) atoms. The molecule has 1 aliphatic heterocycles. The first-order valence-corrected chi connectivity index (χ1v) is 8.44. The predicted octanol–water partition coefficient (Wildman–Crippen LogP) is 3.19. The summed E-state index contributed by atoms with van der Waals surface area (Å²) in [5.41, 5.74) is 0. The minimum Gasteiger partial charge on any atom is -0.337 e. The van der Waals surface area contributed by atoms with Crippen LogP contribution in [0.5, 0.6) is 0 Å².